The fourth-order valence-corrected chi connectivity index (χ4v) is 4.42. The minimum absolute atomic E-state index is 0.257. The molecule has 2 heterocycles. The molecule has 1 aliphatic heterocycles. The quantitative estimate of drug-likeness (QED) is 0.426. The van der Waals surface area contributed by atoms with Crippen LogP contribution in [0.4, 0.5) is 18.9 Å². The number of benzene rings is 2. The molecule has 0 aliphatic carbocycles. The lowest BCUT2D eigenvalue weighted by atomic mass is 10.00. The van der Waals surface area contributed by atoms with E-state index < -0.39 is 11.7 Å². The average molecular weight is 470 g/mol. The molecule has 0 fully saturated rings. The standard InChI is InChI=1S/C21H16Cl2F3N3S/c22-14-5-8-16(17(23)12-14)19-18-2-1-9-28(18)10-11-29(19)20(30)27-15-6-3-13(4-7-15)21(24,25)26/h1-9,12,19H,10-11H2,(H,27,30)/t19-/m1/s1. The Morgan fingerprint density at radius 2 is 1.77 bits per heavy atom. The first kappa shape index (κ1) is 21.0. The predicted molar refractivity (Wildman–Crippen MR) is 117 cm³/mol. The first-order chi connectivity index (χ1) is 14.2. The molecule has 4 rings (SSSR count). The monoisotopic (exact) mass is 469 g/mol. The van der Waals surface area contributed by atoms with Gasteiger partial charge in [-0.3, -0.25) is 0 Å². The summed E-state index contributed by atoms with van der Waals surface area (Å²) in [7, 11) is 0. The zero-order valence-corrected chi connectivity index (χ0v) is 17.8. The van der Waals surface area contributed by atoms with E-state index in [4.69, 9.17) is 35.4 Å². The topological polar surface area (TPSA) is 20.2 Å². The van der Waals surface area contributed by atoms with Crippen LogP contribution in [0, 0.1) is 0 Å². The maximum absolute atomic E-state index is 12.8. The molecule has 3 nitrogen and oxygen atoms in total. The van der Waals surface area contributed by atoms with E-state index in [1.807, 2.05) is 29.3 Å². The van der Waals surface area contributed by atoms with Gasteiger partial charge in [0.05, 0.1) is 11.6 Å². The molecule has 0 saturated heterocycles. The van der Waals surface area contributed by atoms with Gasteiger partial charge >= 0.3 is 6.18 Å². The Labute approximate surface area is 187 Å². The van der Waals surface area contributed by atoms with Gasteiger partial charge in [-0.25, -0.2) is 0 Å². The summed E-state index contributed by atoms with van der Waals surface area (Å²) < 4.78 is 40.6. The van der Waals surface area contributed by atoms with Crippen molar-refractivity contribution in [2.24, 2.45) is 0 Å². The van der Waals surface area contributed by atoms with Gasteiger partial charge in [0.15, 0.2) is 5.11 Å². The number of halogens is 5. The van der Waals surface area contributed by atoms with Gasteiger partial charge in [-0.2, -0.15) is 13.2 Å². The Kier molecular flexibility index (Phi) is 5.70. The summed E-state index contributed by atoms with van der Waals surface area (Å²) in [6.45, 7) is 1.33. The lowest BCUT2D eigenvalue weighted by Gasteiger charge is -2.39. The molecule has 1 N–H and O–H groups in total. The molecule has 3 aromatic rings. The number of fused-ring (bicyclic) bond motifs is 1. The second kappa shape index (κ2) is 8.13. The highest BCUT2D eigenvalue weighted by Gasteiger charge is 2.32. The number of thiocarbonyl (C=S) groups is 1. The Hall–Kier alpha value is -2.22. The molecule has 0 bridgehead atoms. The van der Waals surface area contributed by atoms with Gasteiger partial charge in [0.2, 0.25) is 0 Å². The van der Waals surface area contributed by atoms with Crippen LogP contribution in [0.1, 0.15) is 22.9 Å². The maximum Gasteiger partial charge on any atom is 0.416 e. The van der Waals surface area contributed by atoms with Crippen molar-refractivity contribution >= 4 is 46.2 Å². The highest BCUT2D eigenvalue weighted by atomic mass is 35.5. The van der Waals surface area contributed by atoms with Gasteiger partial charge in [0.25, 0.3) is 0 Å². The van der Waals surface area contributed by atoms with Crippen molar-refractivity contribution in [2.75, 3.05) is 11.9 Å². The Balaban J connectivity index is 1.64. The number of alkyl halides is 3. The molecular weight excluding hydrogens is 454 g/mol. The summed E-state index contributed by atoms with van der Waals surface area (Å²) in [6.07, 6.45) is -2.39. The molecule has 1 atom stereocenters. The van der Waals surface area contributed by atoms with Gasteiger partial charge < -0.3 is 14.8 Å². The van der Waals surface area contributed by atoms with Gasteiger partial charge in [0, 0.05) is 40.7 Å². The molecule has 0 radical (unpaired) electrons. The smallest absolute Gasteiger partial charge is 0.348 e. The van der Waals surface area contributed by atoms with Crippen molar-refractivity contribution in [3.05, 3.63) is 87.7 Å². The summed E-state index contributed by atoms with van der Waals surface area (Å²) >= 11 is 18.2. The molecule has 0 unspecified atom stereocenters. The zero-order chi connectivity index (χ0) is 21.5. The normalized spacial score (nSPS) is 16.3. The van der Waals surface area contributed by atoms with Crippen LogP contribution < -0.4 is 5.32 Å². The third-order valence-electron chi connectivity index (χ3n) is 5.02. The lowest BCUT2D eigenvalue weighted by molar-refractivity contribution is -0.137. The van der Waals surface area contributed by atoms with E-state index in [1.54, 1.807) is 12.1 Å². The third-order valence-corrected chi connectivity index (χ3v) is 5.92. The molecule has 2 aromatic carbocycles. The van der Waals surface area contributed by atoms with Crippen LogP contribution in [-0.4, -0.2) is 21.1 Å². The molecule has 0 spiro atoms. The van der Waals surface area contributed by atoms with Crippen molar-refractivity contribution in [2.45, 2.75) is 18.8 Å². The molecule has 0 saturated carbocycles. The van der Waals surface area contributed by atoms with Crippen molar-refractivity contribution < 1.29 is 13.2 Å². The largest absolute Gasteiger partial charge is 0.416 e. The van der Waals surface area contributed by atoms with E-state index in [2.05, 4.69) is 9.88 Å². The summed E-state index contributed by atoms with van der Waals surface area (Å²) in [5.74, 6) is 0. The molecule has 30 heavy (non-hydrogen) atoms. The second-order valence-corrected chi connectivity index (χ2v) is 8.12. The number of nitrogens with one attached hydrogen (secondary N) is 1. The van der Waals surface area contributed by atoms with E-state index in [0.717, 1.165) is 29.9 Å². The van der Waals surface area contributed by atoms with E-state index in [-0.39, 0.29) is 6.04 Å². The van der Waals surface area contributed by atoms with Crippen molar-refractivity contribution in [3.63, 3.8) is 0 Å². The number of hydrogen-bond acceptors (Lipinski definition) is 1. The minimum Gasteiger partial charge on any atom is -0.348 e. The van der Waals surface area contributed by atoms with Crippen LogP contribution >= 0.6 is 35.4 Å². The van der Waals surface area contributed by atoms with Crippen molar-refractivity contribution in [3.8, 4) is 0 Å². The second-order valence-electron chi connectivity index (χ2n) is 6.89. The number of rotatable bonds is 2. The van der Waals surface area contributed by atoms with Crippen LogP contribution in [0.5, 0.6) is 0 Å². The number of anilines is 1. The molecular formula is C21H16Cl2F3N3S. The van der Waals surface area contributed by atoms with Gasteiger partial charge in [-0.15, -0.1) is 0 Å². The van der Waals surface area contributed by atoms with Crippen LogP contribution in [0.3, 0.4) is 0 Å². The molecule has 0 amide bonds. The van der Waals surface area contributed by atoms with Crippen molar-refractivity contribution in [1.29, 1.82) is 0 Å². The van der Waals surface area contributed by atoms with Crippen LogP contribution in [0.25, 0.3) is 0 Å². The Morgan fingerprint density at radius 3 is 2.43 bits per heavy atom. The highest BCUT2D eigenvalue weighted by molar-refractivity contribution is 7.80. The van der Waals surface area contributed by atoms with E-state index in [1.165, 1.54) is 12.1 Å². The number of aromatic nitrogens is 1. The first-order valence-corrected chi connectivity index (χ1v) is 10.3. The van der Waals surface area contributed by atoms with Crippen LogP contribution in [0.2, 0.25) is 10.0 Å². The third kappa shape index (κ3) is 4.15. The highest BCUT2D eigenvalue weighted by Crippen LogP contribution is 2.37. The van der Waals surface area contributed by atoms with Gasteiger partial charge in [0.1, 0.15) is 0 Å². The summed E-state index contributed by atoms with van der Waals surface area (Å²) in [5.41, 5.74) is 1.63. The van der Waals surface area contributed by atoms with Gasteiger partial charge in [-0.1, -0.05) is 29.3 Å². The summed E-state index contributed by atoms with van der Waals surface area (Å²) in [4.78, 5) is 1.98. The molecule has 9 heteroatoms. The fraction of sp³-hybridized carbons (Fsp3) is 0.190. The molecule has 156 valence electrons. The fourth-order valence-electron chi connectivity index (χ4n) is 3.59. The Bertz CT molecular complexity index is 1080. The lowest BCUT2D eigenvalue weighted by Crippen LogP contribution is -2.44. The summed E-state index contributed by atoms with van der Waals surface area (Å²) in [5, 5.41) is 4.51. The number of hydrogen-bond donors (Lipinski definition) is 1. The minimum atomic E-state index is -4.38. The van der Waals surface area contributed by atoms with Gasteiger partial charge in [-0.05, 0) is 66.3 Å². The van der Waals surface area contributed by atoms with Crippen LogP contribution in [-0.2, 0) is 12.7 Å². The van der Waals surface area contributed by atoms with Crippen LogP contribution in [0.15, 0.2) is 60.8 Å². The SMILES string of the molecule is FC(F)(F)c1ccc(NC(=S)N2CCn3cccc3[C@H]2c2ccc(Cl)cc2Cl)cc1. The van der Waals surface area contributed by atoms with E-state index >= 15 is 0 Å². The molecule has 1 aliphatic rings. The Morgan fingerprint density at radius 1 is 1.03 bits per heavy atom. The van der Waals surface area contributed by atoms with E-state index in [9.17, 15) is 13.2 Å². The zero-order valence-electron chi connectivity index (χ0n) is 15.5. The summed E-state index contributed by atoms with van der Waals surface area (Å²) in [6, 6.07) is 13.8. The van der Waals surface area contributed by atoms with Crippen molar-refractivity contribution in [1.82, 2.24) is 9.47 Å². The predicted octanol–water partition coefficient (Wildman–Crippen LogP) is 6.62. The van der Waals surface area contributed by atoms with E-state index in [0.29, 0.717) is 27.4 Å². The average Bonchev–Trinajstić information content (AvgIpc) is 3.16. The maximum atomic E-state index is 12.8. The molecule has 1 aromatic heterocycles. The first-order valence-electron chi connectivity index (χ1n) is 9.09. The number of nitrogens with zero attached hydrogens (tertiary/aromatic N) is 2.